The van der Waals surface area contributed by atoms with E-state index in [2.05, 4.69) is 26.2 Å². The third-order valence-corrected chi connectivity index (χ3v) is 3.99. The smallest absolute Gasteiger partial charge is 0.545 e. The number of nitrogens with one attached hydrogen (secondary N) is 1. The minimum atomic E-state index is -1.31. The predicted molar refractivity (Wildman–Crippen MR) is 82.1 cm³/mol. The number of amides is 1. The summed E-state index contributed by atoms with van der Waals surface area (Å²) < 4.78 is 0.918. The summed E-state index contributed by atoms with van der Waals surface area (Å²) in [4.78, 5) is 26.7. The van der Waals surface area contributed by atoms with Gasteiger partial charge in [-0.05, 0) is 36.4 Å². The fraction of sp³-hybridized carbons (Fsp3) is 0.0714. The van der Waals surface area contributed by atoms with Crippen molar-refractivity contribution in [1.29, 1.82) is 0 Å². The number of anilines is 1. The first-order valence-corrected chi connectivity index (χ1v) is 7.68. The second kappa shape index (κ2) is 9.81. The zero-order valence-corrected chi connectivity index (χ0v) is 17.2. The van der Waals surface area contributed by atoms with Crippen LogP contribution in [0.25, 0.3) is 0 Å². The van der Waals surface area contributed by atoms with E-state index in [0.717, 1.165) is 16.2 Å². The van der Waals surface area contributed by atoms with Crippen molar-refractivity contribution in [1.82, 2.24) is 4.98 Å². The minimum Gasteiger partial charge on any atom is -0.545 e. The van der Waals surface area contributed by atoms with Gasteiger partial charge in [-0.3, -0.25) is 4.79 Å². The summed E-state index contributed by atoms with van der Waals surface area (Å²) in [7, 11) is 0. The minimum absolute atomic E-state index is 0. The third kappa shape index (κ3) is 6.11. The van der Waals surface area contributed by atoms with E-state index < -0.39 is 5.97 Å². The number of carbonyl (C=O) groups is 2. The Morgan fingerprint density at radius 2 is 1.91 bits per heavy atom. The standard InChI is InChI=1S/C14H11BrN2O3S.K/c15-9-3-5-10(6-4-9)17-12(18)8-21-13-11(14(19)20)2-1-7-16-13;/h1-7H,8H2,(H,17,18)(H,19,20);/q;+1/p-1. The SMILES string of the molecule is O=C(CSc1ncccc1C(=O)[O-])Nc1ccc(Br)cc1.[K+]. The second-order valence-electron chi connectivity index (χ2n) is 3.99. The molecule has 0 aliphatic heterocycles. The van der Waals surface area contributed by atoms with Gasteiger partial charge in [0.1, 0.15) is 5.03 Å². The second-order valence-corrected chi connectivity index (χ2v) is 5.87. The van der Waals surface area contributed by atoms with E-state index in [9.17, 15) is 14.7 Å². The molecule has 0 bridgehead atoms. The molecule has 8 heteroatoms. The Bertz CT molecular complexity index is 667. The van der Waals surface area contributed by atoms with Crippen molar-refractivity contribution in [3.63, 3.8) is 0 Å². The third-order valence-electron chi connectivity index (χ3n) is 2.46. The van der Waals surface area contributed by atoms with Gasteiger partial charge in [-0.1, -0.05) is 27.7 Å². The first kappa shape index (κ1) is 19.8. The monoisotopic (exact) mass is 404 g/mol. The van der Waals surface area contributed by atoms with Crippen LogP contribution < -0.4 is 61.8 Å². The average molecular weight is 405 g/mol. The van der Waals surface area contributed by atoms with Gasteiger partial charge in [0.25, 0.3) is 0 Å². The number of aromatic carboxylic acids is 1. The Balaban J connectivity index is 0.00000242. The molecule has 0 aliphatic carbocycles. The van der Waals surface area contributed by atoms with Crippen LogP contribution in [0.1, 0.15) is 10.4 Å². The molecule has 0 spiro atoms. The molecule has 1 amide bonds. The van der Waals surface area contributed by atoms with E-state index >= 15 is 0 Å². The molecule has 1 N–H and O–H groups in total. The van der Waals surface area contributed by atoms with Crippen LogP contribution in [0.15, 0.2) is 52.1 Å². The maximum Gasteiger partial charge on any atom is 1.00 e. The number of carboxylic acid groups (broad SMARTS) is 1. The Morgan fingerprint density at radius 1 is 1.23 bits per heavy atom. The van der Waals surface area contributed by atoms with Gasteiger partial charge < -0.3 is 15.2 Å². The molecule has 2 rings (SSSR count). The van der Waals surface area contributed by atoms with Gasteiger partial charge in [0.2, 0.25) is 5.91 Å². The van der Waals surface area contributed by atoms with E-state index in [4.69, 9.17) is 0 Å². The first-order valence-electron chi connectivity index (χ1n) is 5.91. The molecule has 0 aliphatic rings. The number of nitrogens with zero attached hydrogens (tertiary/aromatic N) is 1. The van der Waals surface area contributed by atoms with Gasteiger partial charge >= 0.3 is 51.4 Å². The number of halogens is 1. The van der Waals surface area contributed by atoms with Gasteiger partial charge in [0.15, 0.2) is 0 Å². The Kier molecular flexibility index (Phi) is 8.84. The molecule has 0 saturated carbocycles. The predicted octanol–water partition coefficient (Wildman–Crippen LogP) is -1.06. The molecule has 108 valence electrons. The van der Waals surface area contributed by atoms with E-state index in [1.165, 1.54) is 18.3 Å². The van der Waals surface area contributed by atoms with Crippen LogP contribution >= 0.6 is 27.7 Å². The molecule has 22 heavy (non-hydrogen) atoms. The van der Waals surface area contributed by atoms with Crippen LogP contribution in [-0.2, 0) is 4.79 Å². The normalized spacial score (nSPS) is 9.68. The van der Waals surface area contributed by atoms with Crippen molar-refractivity contribution in [3.05, 3.63) is 52.6 Å². The summed E-state index contributed by atoms with van der Waals surface area (Å²) in [5, 5.41) is 13.9. The number of pyridine rings is 1. The Hall–Kier alpha value is -0.224. The van der Waals surface area contributed by atoms with Crippen LogP contribution in [0.2, 0.25) is 0 Å². The number of hydrogen-bond acceptors (Lipinski definition) is 5. The molecule has 1 heterocycles. The Labute approximate surface area is 182 Å². The topological polar surface area (TPSA) is 82.1 Å². The molecule has 0 saturated heterocycles. The summed E-state index contributed by atoms with van der Waals surface area (Å²) in [5.41, 5.74) is 0.656. The van der Waals surface area contributed by atoms with Crippen LogP contribution in [-0.4, -0.2) is 22.6 Å². The zero-order valence-electron chi connectivity index (χ0n) is 11.7. The maximum atomic E-state index is 11.8. The van der Waals surface area contributed by atoms with Crippen LogP contribution in [0.4, 0.5) is 5.69 Å². The molecule has 0 atom stereocenters. The van der Waals surface area contributed by atoms with Crippen molar-refractivity contribution < 1.29 is 66.1 Å². The van der Waals surface area contributed by atoms with Crippen molar-refractivity contribution in [3.8, 4) is 0 Å². The average Bonchev–Trinajstić information content (AvgIpc) is 2.48. The number of aromatic nitrogens is 1. The van der Waals surface area contributed by atoms with Crippen LogP contribution in [0.3, 0.4) is 0 Å². The number of rotatable bonds is 5. The van der Waals surface area contributed by atoms with Gasteiger partial charge in [0, 0.05) is 21.9 Å². The number of thioether (sulfide) groups is 1. The Morgan fingerprint density at radius 3 is 2.55 bits per heavy atom. The molecule has 0 radical (unpaired) electrons. The number of carbonyl (C=O) groups excluding carboxylic acids is 2. The summed E-state index contributed by atoms with van der Waals surface area (Å²) in [5.74, 6) is -1.48. The van der Waals surface area contributed by atoms with Crippen molar-refractivity contribution >= 4 is 45.3 Å². The number of hydrogen-bond donors (Lipinski definition) is 1. The van der Waals surface area contributed by atoms with Crippen LogP contribution in [0, 0.1) is 0 Å². The fourth-order valence-electron chi connectivity index (χ4n) is 1.53. The first-order chi connectivity index (χ1) is 10.1. The van der Waals surface area contributed by atoms with Gasteiger partial charge in [-0.25, -0.2) is 4.98 Å². The molecule has 5 nitrogen and oxygen atoms in total. The van der Waals surface area contributed by atoms with Gasteiger partial charge in [-0.15, -0.1) is 0 Å². The van der Waals surface area contributed by atoms with E-state index in [1.807, 2.05) is 12.1 Å². The van der Waals surface area contributed by atoms with Crippen molar-refractivity contribution in [2.45, 2.75) is 5.03 Å². The fourth-order valence-corrected chi connectivity index (χ4v) is 2.57. The molecule has 1 aromatic heterocycles. The van der Waals surface area contributed by atoms with Gasteiger partial charge in [0.05, 0.1) is 11.7 Å². The summed E-state index contributed by atoms with van der Waals surface area (Å²) in [6.45, 7) is 0. The van der Waals surface area contributed by atoms with Crippen molar-refractivity contribution in [2.24, 2.45) is 0 Å². The summed E-state index contributed by atoms with van der Waals surface area (Å²) in [6.07, 6.45) is 1.47. The summed E-state index contributed by atoms with van der Waals surface area (Å²) >= 11 is 4.36. The van der Waals surface area contributed by atoms with E-state index in [-0.39, 0.29) is 73.6 Å². The number of carboxylic acids is 1. The molecular weight excluding hydrogens is 395 g/mol. The molecule has 0 fully saturated rings. The van der Waals surface area contributed by atoms with E-state index in [0.29, 0.717) is 5.69 Å². The number of benzene rings is 1. The maximum absolute atomic E-state index is 11.8. The van der Waals surface area contributed by atoms with Gasteiger partial charge in [-0.2, -0.15) is 0 Å². The van der Waals surface area contributed by atoms with E-state index in [1.54, 1.807) is 12.1 Å². The largest absolute Gasteiger partial charge is 1.00 e. The quantitative estimate of drug-likeness (QED) is 0.507. The molecule has 1 aromatic carbocycles. The molecule has 2 aromatic rings. The zero-order chi connectivity index (χ0) is 15.2. The molecular formula is C14H10BrKN2O3S. The molecule has 0 unspecified atom stereocenters. The van der Waals surface area contributed by atoms with Crippen LogP contribution in [0.5, 0.6) is 0 Å². The summed E-state index contributed by atoms with van der Waals surface area (Å²) in [6, 6.07) is 10.1. The van der Waals surface area contributed by atoms with Crippen molar-refractivity contribution in [2.75, 3.05) is 11.1 Å².